The van der Waals surface area contributed by atoms with Gasteiger partial charge in [0.25, 0.3) is 0 Å². The van der Waals surface area contributed by atoms with E-state index >= 15 is 0 Å². The van der Waals surface area contributed by atoms with Crippen molar-refractivity contribution in [3.63, 3.8) is 0 Å². The van der Waals surface area contributed by atoms with Crippen LogP contribution in [0.15, 0.2) is 24.3 Å². The zero-order chi connectivity index (χ0) is 12.0. The van der Waals surface area contributed by atoms with Crippen LogP contribution in [0.25, 0.3) is 0 Å². The molecule has 3 nitrogen and oxygen atoms in total. The van der Waals surface area contributed by atoms with Crippen LogP contribution in [-0.2, 0) is 17.9 Å². The van der Waals surface area contributed by atoms with Crippen LogP contribution in [-0.4, -0.2) is 15.8 Å². The molecule has 0 aliphatic carbocycles. The summed E-state index contributed by atoms with van der Waals surface area (Å²) in [6, 6.07) is 7.53. The van der Waals surface area contributed by atoms with E-state index in [1.165, 1.54) is 0 Å². The molecule has 1 aromatic rings. The summed E-state index contributed by atoms with van der Waals surface area (Å²) in [6.45, 7) is 2.47. The Morgan fingerprint density at radius 3 is 2.81 bits per heavy atom. The van der Waals surface area contributed by atoms with Gasteiger partial charge in [0.15, 0.2) is 0 Å². The Balaban J connectivity index is 2.51. The van der Waals surface area contributed by atoms with E-state index < -0.39 is 0 Å². The van der Waals surface area contributed by atoms with Gasteiger partial charge in [-0.25, -0.2) is 0 Å². The second kappa shape index (κ2) is 6.66. The van der Waals surface area contributed by atoms with Gasteiger partial charge in [0.1, 0.15) is 0 Å². The summed E-state index contributed by atoms with van der Waals surface area (Å²) >= 11 is 3.29. The van der Waals surface area contributed by atoms with Gasteiger partial charge >= 0.3 is 0 Å². The minimum atomic E-state index is -0.131. The average Bonchev–Trinajstić information content (AvgIpc) is 2.35. The third-order valence-corrected chi connectivity index (χ3v) is 3.35. The predicted molar refractivity (Wildman–Crippen MR) is 67.2 cm³/mol. The average molecular weight is 286 g/mol. The number of carbonyl (C=O) groups excluding carboxylic acids is 1. The van der Waals surface area contributed by atoms with Gasteiger partial charge in [0.05, 0.1) is 11.4 Å². The molecular weight excluding hydrogens is 270 g/mol. The highest BCUT2D eigenvalue weighted by molar-refractivity contribution is 9.10. The molecule has 0 heterocycles. The molecule has 1 unspecified atom stereocenters. The minimum Gasteiger partial charge on any atom is -0.392 e. The maximum atomic E-state index is 11.5. The normalized spacial score (nSPS) is 12.2. The SMILES string of the molecule is CCC(Br)C(=O)NCc1cccc(CO)c1. The molecule has 0 bridgehead atoms. The fourth-order valence-electron chi connectivity index (χ4n) is 1.32. The Labute approximate surface area is 104 Å². The molecule has 0 aliphatic rings. The maximum absolute atomic E-state index is 11.5. The fourth-order valence-corrected chi connectivity index (χ4v) is 1.49. The molecule has 1 atom stereocenters. The van der Waals surface area contributed by atoms with Crippen molar-refractivity contribution in [3.05, 3.63) is 35.4 Å². The first-order valence-electron chi connectivity index (χ1n) is 5.27. The number of nitrogens with one attached hydrogen (secondary N) is 1. The number of benzene rings is 1. The number of aliphatic hydroxyl groups is 1. The number of alkyl halides is 1. The van der Waals surface area contributed by atoms with Gasteiger partial charge in [-0.3, -0.25) is 4.79 Å². The molecule has 2 N–H and O–H groups in total. The van der Waals surface area contributed by atoms with Crippen molar-refractivity contribution in [1.82, 2.24) is 5.32 Å². The topological polar surface area (TPSA) is 49.3 Å². The highest BCUT2D eigenvalue weighted by Crippen LogP contribution is 2.07. The second-order valence-electron chi connectivity index (χ2n) is 3.57. The molecule has 0 aliphatic heterocycles. The molecule has 0 radical (unpaired) electrons. The second-order valence-corrected chi connectivity index (χ2v) is 4.68. The summed E-state index contributed by atoms with van der Waals surface area (Å²) in [6.07, 6.45) is 0.766. The summed E-state index contributed by atoms with van der Waals surface area (Å²) in [5, 5.41) is 11.8. The number of hydrogen-bond acceptors (Lipinski definition) is 2. The lowest BCUT2D eigenvalue weighted by Gasteiger charge is -2.09. The third kappa shape index (κ3) is 3.94. The lowest BCUT2D eigenvalue weighted by molar-refractivity contribution is -0.120. The van der Waals surface area contributed by atoms with Gasteiger partial charge in [0, 0.05) is 6.54 Å². The number of halogens is 1. The fraction of sp³-hybridized carbons (Fsp3) is 0.417. The Bertz CT molecular complexity index is 355. The standard InChI is InChI=1S/C12H16BrNO2/c1-2-11(13)12(16)14-7-9-4-3-5-10(6-9)8-15/h3-6,11,15H,2,7-8H2,1H3,(H,14,16). The number of hydrogen-bond donors (Lipinski definition) is 2. The molecule has 1 rings (SSSR count). The first-order valence-corrected chi connectivity index (χ1v) is 6.19. The number of aliphatic hydroxyl groups excluding tert-OH is 1. The molecule has 1 aromatic carbocycles. The summed E-state index contributed by atoms with van der Waals surface area (Å²) in [4.78, 5) is 11.4. The van der Waals surface area contributed by atoms with Crippen LogP contribution in [0.3, 0.4) is 0 Å². The van der Waals surface area contributed by atoms with Crippen molar-refractivity contribution >= 4 is 21.8 Å². The maximum Gasteiger partial charge on any atom is 0.234 e. The van der Waals surface area contributed by atoms with Gasteiger partial charge in [-0.2, -0.15) is 0 Å². The quantitative estimate of drug-likeness (QED) is 0.813. The zero-order valence-electron chi connectivity index (χ0n) is 9.24. The summed E-state index contributed by atoms with van der Waals surface area (Å²) in [7, 11) is 0. The molecule has 4 heteroatoms. The van der Waals surface area contributed by atoms with Crippen molar-refractivity contribution in [3.8, 4) is 0 Å². The van der Waals surface area contributed by atoms with E-state index in [4.69, 9.17) is 5.11 Å². The zero-order valence-corrected chi connectivity index (χ0v) is 10.8. The van der Waals surface area contributed by atoms with Crippen molar-refractivity contribution < 1.29 is 9.90 Å². The predicted octanol–water partition coefficient (Wildman–Crippen LogP) is 1.97. The van der Waals surface area contributed by atoms with Crippen LogP contribution in [0, 0.1) is 0 Å². The molecule has 0 saturated carbocycles. The van der Waals surface area contributed by atoms with Crippen LogP contribution in [0.5, 0.6) is 0 Å². The molecular formula is C12H16BrNO2. The van der Waals surface area contributed by atoms with E-state index in [2.05, 4.69) is 21.2 Å². The minimum absolute atomic E-state index is 0.00287. The molecule has 16 heavy (non-hydrogen) atoms. The van der Waals surface area contributed by atoms with Gasteiger partial charge in [-0.15, -0.1) is 0 Å². The van der Waals surface area contributed by atoms with Crippen molar-refractivity contribution in [2.75, 3.05) is 0 Å². The van der Waals surface area contributed by atoms with Gasteiger partial charge in [0.2, 0.25) is 5.91 Å². The lowest BCUT2D eigenvalue weighted by atomic mass is 10.1. The smallest absolute Gasteiger partial charge is 0.234 e. The van der Waals surface area contributed by atoms with Gasteiger partial charge < -0.3 is 10.4 Å². The van der Waals surface area contributed by atoms with Crippen LogP contribution in [0.1, 0.15) is 24.5 Å². The number of rotatable bonds is 5. The Kier molecular flexibility index (Phi) is 5.49. The number of carbonyl (C=O) groups is 1. The molecule has 1 amide bonds. The lowest BCUT2D eigenvalue weighted by Crippen LogP contribution is -2.30. The first-order chi connectivity index (χ1) is 7.67. The summed E-state index contributed by atoms with van der Waals surface area (Å²) in [5.74, 6) is -0.00287. The monoisotopic (exact) mass is 285 g/mol. The largest absolute Gasteiger partial charge is 0.392 e. The van der Waals surface area contributed by atoms with Crippen LogP contribution in [0.4, 0.5) is 0 Å². The van der Waals surface area contributed by atoms with Crippen molar-refractivity contribution in [1.29, 1.82) is 0 Å². The molecule has 88 valence electrons. The molecule has 0 saturated heterocycles. The highest BCUT2D eigenvalue weighted by Gasteiger charge is 2.11. The first kappa shape index (κ1) is 13.2. The Morgan fingerprint density at radius 2 is 2.19 bits per heavy atom. The van der Waals surface area contributed by atoms with E-state index in [-0.39, 0.29) is 17.3 Å². The molecule has 0 spiro atoms. The van der Waals surface area contributed by atoms with E-state index in [0.29, 0.717) is 6.54 Å². The van der Waals surface area contributed by atoms with Gasteiger partial charge in [-0.05, 0) is 17.5 Å². The van der Waals surface area contributed by atoms with Crippen molar-refractivity contribution in [2.45, 2.75) is 31.3 Å². The number of amides is 1. The van der Waals surface area contributed by atoms with Crippen LogP contribution in [0.2, 0.25) is 0 Å². The summed E-state index contributed by atoms with van der Waals surface area (Å²) < 4.78 is 0. The Hall–Kier alpha value is -0.870. The van der Waals surface area contributed by atoms with Crippen LogP contribution >= 0.6 is 15.9 Å². The van der Waals surface area contributed by atoms with E-state index in [1.54, 1.807) is 0 Å². The van der Waals surface area contributed by atoms with Crippen molar-refractivity contribution in [2.24, 2.45) is 0 Å². The highest BCUT2D eigenvalue weighted by atomic mass is 79.9. The Morgan fingerprint density at radius 1 is 1.50 bits per heavy atom. The van der Waals surface area contributed by atoms with E-state index in [1.807, 2.05) is 31.2 Å². The molecule has 0 aromatic heterocycles. The third-order valence-electron chi connectivity index (χ3n) is 2.28. The van der Waals surface area contributed by atoms with E-state index in [9.17, 15) is 4.79 Å². The molecule has 0 fully saturated rings. The van der Waals surface area contributed by atoms with E-state index in [0.717, 1.165) is 17.5 Å². The van der Waals surface area contributed by atoms with Crippen LogP contribution < -0.4 is 5.32 Å². The van der Waals surface area contributed by atoms with Gasteiger partial charge in [-0.1, -0.05) is 47.1 Å². The summed E-state index contributed by atoms with van der Waals surface area (Å²) in [5.41, 5.74) is 1.85.